The van der Waals surface area contributed by atoms with Crippen LogP contribution in [0.5, 0.6) is 11.5 Å². The number of amides is 1. The van der Waals surface area contributed by atoms with Crippen LogP contribution in [0.2, 0.25) is 5.02 Å². The highest BCUT2D eigenvalue weighted by Crippen LogP contribution is 2.29. The number of aromatic nitrogens is 2. The molecule has 1 amide bonds. The summed E-state index contributed by atoms with van der Waals surface area (Å²) in [7, 11) is 1.35. The number of rotatable bonds is 7. The van der Waals surface area contributed by atoms with Crippen LogP contribution in [0.1, 0.15) is 16.1 Å². The molecule has 9 heteroatoms. The highest BCUT2D eigenvalue weighted by atomic mass is 35.5. The molecule has 3 rings (SSSR count). The van der Waals surface area contributed by atoms with Gasteiger partial charge >= 0.3 is 6.61 Å². The van der Waals surface area contributed by atoms with Gasteiger partial charge in [0, 0.05) is 17.8 Å². The SMILES string of the molecule is COc1cc(CNC(=O)c2ccn(-c3cccc(Cl)c3)n2)ccc1OC(F)F. The van der Waals surface area contributed by atoms with Crippen molar-refractivity contribution in [2.75, 3.05) is 7.11 Å². The zero-order valence-corrected chi connectivity index (χ0v) is 15.5. The van der Waals surface area contributed by atoms with Gasteiger partial charge < -0.3 is 14.8 Å². The van der Waals surface area contributed by atoms with Crippen molar-refractivity contribution >= 4 is 17.5 Å². The first kappa shape index (κ1) is 19.6. The molecule has 0 aliphatic heterocycles. The molecule has 0 fully saturated rings. The van der Waals surface area contributed by atoms with Gasteiger partial charge in [-0.1, -0.05) is 23.7 Å². The molecule has 0 unspecified atom stereocenters. The summed E-state index contributed by atoms with van der Waals surface area (Å²) in [5.41, 5.74) is 1.61. The topological polar surface area (TPSA) is 65.4 Å². The lowest BCUT2D eigenvalue weighted by molar-refractivity contribution is -0.0512. The molecular formula is C19H16ClF2N3O3. The molecule has 0 spiro atoms. The first-order valence-corrected chi connectivity index (χ1v) is 8.55. The van der Waals surface area contributed by atoms with Crippen LogP contribution in [0.25, 0.3) is 5.69 Å². The highest BCUT2D eigenvalue weighted by molar-refractivity contribution is 6.30. The van der Waals surface area contributed by atoms with Crippen molar-refractivity contribution in [1.82, 2.24) is 15.1 Å². The third kappa shape index (κ3) is 4.77. The lowest BCUT2D eigenvalue weighted by Gasteiger charge is -2.11. The molecule has 0 radical (unpaired) electrons. The molecular weight excluding hydrogens is 392 g/mol. The minimum absolute atomic E-state index is 0.0761. The van der Waals surface area contributed by atoms with E-state index in [0.29, 0.717) is 10.6 Å². The van der Waals surface area contributed by atoms with Crippen molar-refractivity contribution in [3.8, 4) is 17.2 Å². The first-order chi connectivity index (χ1) is 13.5. The van der Waals surface area contributed by atoms with Crippen LogP contribution in [0.15, 0.2) is 54.7 Å². The number of halogens is 3. The Labute approximate surface area is 164 Å². The van der Waals surface area contributed by atoms with Crippen LogP contribution in [0.3, 0.4) is 0 Å². The summed E-state index contributed by atoms with van der Waals surface area (Å²) in [6, 6.07) is 13.1. The van der Waals surface area contributed by atoms with Gasteiger partial charge in [-0.2, -0.15) is 13.9 Å². The van der Waals surface area contributed by atoms with E-state index in [1.807, 2.05) is 6.07 Å². The van der Waals surface area contributed by atoms with Crippen molar-refractivity contribution in [2.24, 2.45) is 0 Å². The number of methoxy groups -OCH3 is 1. The van der Waals surface area contributed by atoms with E-state index < -0.39 is 6.61 Å². The Balaban J connectivity index is 1.66. The van der Waals surface area contributed by atoms with Gasteiger partial charge in [0.15, 0.2) is 17.2 Å². The largest absolute Gasteiger partial charge is 0.493 e. The lowest BCUT2D eigenvalue weighted by atomic mass is 10.2. The molecule has 6 nitrogen and oxygen atoms in total. The summed E-state index contributed by atoms with van der Waals surface area (Å²) < 4.78 is 35.7. The van der Waals surface area contributed by atoms with E-state index in [-0.39, 0.29) is 29.6 Å². The van der Waals surface area contributed by atoms with Gasteiger partial charge in [-0.25, -0.2) is 4.68 Å². The zero-order valence-electron chi connectivity index (χ0n) is 14.7. The van der Waals surface area contributed by atoms with Crippen molar-refractivity contribution < 1.29 is 23.0 Å². The van der Waals surface area contributed by atoms with Crippen LogP contribution >= 0.6 is 11.6 Å². The van der Waals surface area contributed by atoms with Crippen molar-refractivity contribution in [2.45, 2.75) is 13.2 Å². The minimum Gasteiger partial charge on any atom is -0.493 e. The quantitative estimate of drug-likeness (QED) is 0.641. The van der Waals surface area contributed by atoms with Gasteiger partial charge in [-0.05, 0) is 42.0 Å². The van der Waals surface area contributed by atoms with Crippen molar-refractivity contribution in [3.63, 3.8) is 0 Å². The van der Waals surface area contributed by atoms with Crippen molar-refractivity contribution in [1.29, 1.82) is 0 Å². The van der Waals surface area contributed by atoms with E-state index in [1.165, 1.54) is 19.2 Å². The number of hydrogen-bond acceptors (Lipinski definition) is 4. The van der Waals surface area contributed by atoms with Crippen LogP contribution in [-0.4, -0.2) is 29.4 Å². The lowest BCUT2D eigenvalue weighted by Crippen LogP contribution is -2.23. The molecule has 1 N–H and O–H groups in total. The minimum atomic E-state index is -2.95. The predicted molar refractivity (Wildman–Crippen MR) is 99.4 cm³/mol. The van der Waals surface area contributed by atoms with Gasteiger partial charge in [-0.3, -0.25) is 4.79 Å². The second-order valence-corrected chi connectivity index (χ2v) is 6.11. The number of hydrogen-bond donors (Lipinski definition) is 1. The fourth-order valence-electron chi connectivity index (χ4n) is 2.50. The second-order valence-electron chi connectivity index (χ2n) is 5.67. The Morgan fingerprint density at radius 2 is 2.04 bits per heavy atom. The Hall–Kier alpha value is -3.13. The molecule has 0 bridgehead atoms. The summed E-state index contributed by atoms with van der Waals surface area (Å²) >= 11 is 5.96. The fourth-order valence-corrected chi connectivity index (χ4v) is 2.68. The van der Waals surface area contributed by atoms with E-state index in [9.17, 15) is 13.6 Å². The van der Waals surface area contributed by atoms with E-state index in [2.05, 4.69) is 15.2 Å². The number of alkyl halides is 2. The van der Waals surface area contributed by atoms with Crippen LogP contribution < -0.4 is 14.8 Å². The van der Waals surface area contributed by atoms with Gasteiger partial charge in [0.05, 0.1) is 12.8 Å². The Bertz CT molecular complexity index is 979. The number of benzene rings is 2. The molecule has 1 aromatic heterocycles. The average molecular weight is 408 g/mol. The standard InChI is InChI=1S/C19H16ClF2N3O3/c1-27-17-9-12(5-6-16(17)28-19(21)22)11-23-18(26)15-7-8-25(24-15)14-4-2-3-13(20)10-14/h2-10,19H,11H2,1H3,(H,23,26). The smallest absolute Gasteiger partial charge is 0.387 e. The van der Waals surface area contributed by atoms with Crippen LogP contribution in [-0.2, 0) is 6.54 Å². The van der Waals surface area contributed by atoms with Gasteiger partial charge in [-0.15, -0.1) is 0 Å². The van der Waals surface area contributed by atoms with Crippen LogP contribution in [0, 0.1) is 0 Å². The summed E-state index contributed by atoms with van der Waals surface area (Å²) in [5.74, 6) is -0.308. The molecule has 0 aliphatic rings. The van der Waals surface area contributed by atoms with E-state index >= 15 is 0 Å². The Morgan fingerprint density at radius 1 is 1.21 bits per heavy atom. The zero-order chi connectivity index (χ0) is 20.1. The average Bonchev–Trinajstić information content (AvgIpc) is 3.17. The predicted octanol–water partition coefficient (Wildman–Crippen LogP) is 4.07. The summed E-state index contributed by atoms with van der Waals surface area (Å²) in [5, 5.41) is 7.51. The maximum atomic E-state index is 12.4. The number of nitrogens with one attached hydrogen (secondary N) is 1. The molecule has 3 aromatic rings. The molecule has 0 saturated carbocycles. The number of carbonyl (C=O) groups excluding carboxylic acids is 1. The third-order valence-corrected chi connectivity index (χ3v) is 4.03. The molecule has 2 aromatic carbocycles. The molecule has 1 heterocycles. The van der Waals surface area contributed by atoms with Gasteiger partial charge in [0.2, 0.25) is 0 Å². The second kappa shape index (κ2) is 8.71. The molecule has 28 heavy (non-hydrogen) atoms. The van der Waals surface area contributed by atoms with Crippen LogP contribution in [0.4, 0.5) is 8.78 Å². The van der Waals surface area contributed by atoms with E-state index in [1.54, 1.807) is 41.2 Å². The normalized spacial score (nSPS) is 10.8. The Morgan fingerprint density at radius 3 is 2.75 bits per heavy atom. The maximum Gasteiger partial charge on any atom is 0.387 e. The fraction of sp³-hybridized carbons (Fsp3) is 0.158. The highest BCUT2D eigenvalue weighted by Gasteiger charge is 2.13. The van der Waals surface area contributed by atoms with E-state index in [4.69, 9.17) is 16.3 Å². The maximum absolute atomic E-state index is 12.4. The summed E-state index contributed by atoms with van der Waals surface area (Å²) in [6.07, 6.45) is 1.65. The number of nitrogens with zero attached hydrogens (tertiary/aromatic N) is 2. The monoisotopic (exact) mass is 407 g/mol. The third-order valence-electron chi connectivity index (χ3n) is 3.79. The first-order valence-electron chi connectivity index (χ1n) is 8.18. The summed E-state index contributed by atoms with van der Waals surface area (Å²) in [6.45, 7) is -2.79. The van der Waals surface area contributed by atoms with Crippen molar-refractivity contribution in [3.05, 3.63) is 71.0 Å². The van der Waals surface area contributed by atoms with Gasteiger partial charge in [0.1, 0.15) is 0 Å². The number of ether oxygens (including phenoxy) is 2. The molecule has 0 saturated heterocycles. The summed E-state index contributed by atoms with van der Waals surface area (Å²) in [4.78, 5) is 12.3. The van der Waals surface area contributed by atoms with E-state index in [0.717, 1.165) is 5.69 Å². The number of carbonyl (C=O) groups is 1. The van der Waals surface area contributed by atoms with Gasteiger partial charge in [0.25, 0.3) is 5.91 Å². The Kier molecular flexibility index (Phi) is 6.10. The molecule has 146 valence electrons. The molecule has 0 aliphatic carbocycles. The molecule has 0 atom stereocenters.